The monoisotopic (exact) mass is 370 g/mol. The minimum absolute atomic E-state index is 0.211. The Morgan fingerprint density at radius 2 is 1.73 bits per heavy atom. The Morgan fingerprint density at radius 3 is 2.50 bits per heavy atom. The third-order valence-corrected chi connectivity index (χ3v) is 4.08. The summed E-state index contributed by atoms with van der Waals surface area (Å²) in [4.78, 5) is 20.3. The summed E-state index contributed by atoms with van der Waals surface area (Å²) in [6.07, 6.45) is 1.29. The van der Waals surface area contributed by atoms with E-state index in [0.717, 1.165) is 5.56 Å². The zero-order chi connectivity index (χ0) is 18.4. The number of benzene rings is 2. The number of carbonyl (C=O) groups excluding carboxylic acids is 1. The molecule has 0 saturated carbocycles. The fourth-order valence-corrected chi connectivity index (χ4v) is 2.52. The molecule has 0 aliphatic heterocycles. The molecule has 132 valence electrons. The van der Waals surface area contributed by atoms with Crippen LogP contribution in [-0.2, 0) is 13.1 Å². The van der Waals surface area contributed by atoms with Gasteiger partial charge in [-0.05, 0) is 17.7 Å². The number of hydrogen-bond donors (Lipinski definition) is 2. The summed E-state index contributed by atoms with van der Waals surface area (Å²) >= 11 is 6.07. The molecule has 3 aromatic rings. The van der Waals surface area contributed by atoms with Crippen LogP contribution in [0.25, 0.3) is 0 Å². The van der Waals surface area contributed by atoms with Crippen molar-refractivity contribution in [2.45, 2.75) is 13.1 Å². The van der Waals surface area contributed by atoms with E-state index in [0.29, 0.717) is 22.9 Å². The van der Waals surface area contributed by atoms with Crippen LogP contribution < -0.4 is 10.6 Å². The van der Waals surface area contributed by atoms with Crippen molar-refractivity contribution in [1.29, 1.82) is 0 Å². The minimum Gasteiger partial charge on any atom is -0.366 e. The Hall–Kier alpha value is -2.99. The van der Waals surface area contributed by atoms with Crippen molar-refractivity contribution in [3.05, 3.63) is 88.6 Å². The molecule has 7 heteroatoms. The predicted octanol–water partition coefficient (Wildman–Crippen LogP) is 3.81. The standard InChI is InChI=1S/C19H16ClFN4O/c20-15-7-3-1-5-13(15)10-23-19(26)17-9-18(25-12-24-17)22-11-14-6-2-4-8-16(14)21/h1-9,12H,10-11H2,(H,23,26)(H,22,24,25). The van der Waals surface area contributed by atoms with Crippen LogP contribution in [0.2, 0.25) is 5.02 Å². The second-order valence-electron chi connectivity index (χ2n) is 5.51. The molecular weight excluding hydrogens is 355 g/mol. The van der Waals surface area contributed by atoms with Gasteiger partial charge in [-0.3, -0.25) is 4.79 Å². The van der Waals surface area contributed by atoms with Gasteiger partial charge in [-0.2, -0.15) is 0 Å². The highest BCUT2D eigenvalue weighted by molar-refractivity contribution is 6.31. The van der Waals surface area contributed by atoms with Crippen molar-refractivity contribution in [1.82, 2.24) is 15.3 Å². The summed E-state index contributed by atoms with van der Waals surface area (Å²) in [5.41, 5.74) is 1.54. The normalized spacial score (nSPS) is 10.4. The van der Waals surface area contributed by atoms with Gasteiger partial charge in [0.15, 0.2) is 0 Å². The topological polar surface area (TPSA) is 66.9 Å². The zero-order valence-electron chi connectivity index (χ0n) is 13.7. The number of nitrogens with one attached hydrogen (secondary N) is 2. The van der Waals surface area contributed by atoms with Gasteiger partial charge in [0.2, 0.25) is 0 Å². The number of rotatable bonds is 6. The number of nitrogens with zero attached hydrogens (tertiary/aromatic N) is 2. The van der Waals surface area contributed by atoms with Crippen LogP contribution in [-0.4, -0.2) is 15.9 Å². The van der Waals surface area contributed by atoms with Crippen molar-refractivity contribution in [2.24, 2.45) is 0 Å². The Labute approximate surface area is 155 Å². The van der Waals surface area contributed by atoms with Crippen molar-refractivity contribution in [2.75, 3.05) is 5.32 Å². The van der Waals surface area contributed by atoms with Crippen LogP contribution in [0.15, 0.2) is 60.9 Å². The number of carbonyl (C=O) groups is 1. The summed E-state index contributed by atoms with van der Waals surface area (Å²) in [6.45, 7) is 0.546. The van der Waals surface area contributed by atoms with E-state index >= 15 is 0 Å². The number of halogens is 2. The summed E-state index contributed by atoms with van der Waals surface area (Å²) in [7, 11) is 0. The molecule has 0 radical (unpaired) electrons. The van der Waals surface area contributed by atoms with Gasteiger partial charge in [0.1, 0.15) is 23.7 Å². The molecule has 0 aliphatic rings. The number of anilines is 1. The molecule has 0 atom stereocenters. The summed E-state index contributed by atoms with van der Waals surface area (Å²) in [5, 5.41) is 6.34. The van der Waals surface area contributed by atoms with E-state index in [1.807, 2.05) is 18.2 Å². The third kappa shape index (κ3) is 4.55. The first kappa shape index (κ1) is 17.8. The highest BCUT2D eigenvalue weighted by atomic mass is 35.5. The fraction of sp³-hybridized carbons (Fsp3) is 0.105. The molecule has 5 nitrogen and oxygen atoms in total. The molecule has 1 amide bonds. The summed E-state index contributed by atoms with van der Waals surface area (Å²) < 4.78 is 13.6. The summed E-state index contributed by atoms with van der Waals surface area (Å²) in [6, 6.07) is 15.3. The van der Waals surface area contributed by atoms with Crippen LogP contribution >= 0.6 is 11.6 Å². The highest BCUT2D eigenvalue weighted by Gasteiger charge is 2.10. The van der Waals surface area contributed by atoms with Gasteiger partial charge >= 0.3 is 0 Å². The van der Waals surface area contributed by atoms with Gasteiger partial charge in [-0.25, -0.2) is 14.4 Å². The average molecular weight is 371 g/mol. The lowest BCUT2D eigenvalue weighted by atomic mass is 10.2. The smallest absolute Gasteiger partial charge is 0.270 e. The fourth-order valence-electron chi connectivity index (χ4n) is 2.31. The average Bonchev–Trinajstić information content (AvgIpc) is 2.67. The van der Waals surface area contributed by atoms with Crippen molar-refractivity contribution < 1.29 is 9.18 Å². The molecule has 26 heavy (non-hydrogen) atoms. The molecule has 0 fully saturated rings. The molecule has 0 bridgehead atoms. The van der Waals surface area contributed by atoms with Gasteiger partial charge in [-0.15, -0.1) is 0 Å². The third-order valence-electron chi connectivity index (χ3n) is 3.71. The number of amides is 1. The maximum atomic E-state index is 13.6. The first-order valence-electron chi connectivity index (χ1n) is 7.94. The molecule has 3 rings (SSSR count). The summed E-state index contributed by atoms with van der Waals surface area (Å²) in [5.74, 6) is -0.209. The van der Waals surface area contributed by atoms with Crippen LogP contribution in [0.5, 0.6) is 0 Å². The lowest BCUT2D eigenvalue weighted by Crippen LogP contribution is -2.24. The molecule has 2 aromatic carbocycles. The molecule has 1 heterocycles. The lowest BCUT2D eigenvalue weighted by Gasteiger charge is -2.09. The predicted molar refractivity (Wildman–Crippen MR) is 98.4 cm³/mol. The molecule has 0 spiro atoms. The van der Waals surface area contributed by atoms with Crippen LogP contribution in [0.4, 0.5) is 10.2 Å². The van der Waals surface area contributed by atoms with E-state index in [1.54, 1.807) is 24.3 Å². The first-order chi connectivity index (χ1) is 12.6. The molecule has 0 unspecified atom stereocenters. The van der Waals surface area contributed by atoms with E-state index < -0.39 is 0 Å². The maximum absolute atomic E-state index is 13.6. The zero-order valence-corrected chi connectivity index (χ0v) is 14.5. The van der Waals surface area contributed by atoms with E-state index in [1.165, 1.54) is 18.5 Å². The SMILES string of the molecule is O=C(NCc1ccccc1Cl)c1cc(NCc2ccccc2F)ncn1. The Morgan fingerprint density at radius 1 is 1.00 bits per heavy atom. The van der Waals surface area contributed by atoms with E-state index in [2.05, 4.69) is 20.6 Å². The maximum Gasteiger partial charge on any atom is 0.270 e. The highest BCUT2D eigenvalue weighted by Crippen LogP contribution is 2.15. The largest absolute Gasteiger partial charge is 0.366 e. The van der Waals surface area contributed by atoms with Gasteiger partial charge in [0, 0.05) is 29.7 Å². The molecular formula is C19H16ClFN4O. The van der Waals surface area contributed by atoms with E-state index in [4.69, 9.17) is 11.6 Å². The van der Waals surface area contributed by atoms with Crippen LogP contribution in [0.3, 0.4) is 0 Å². The second kappa shape index (κ2) is 8.40. The quantitative estimate of drug-likeness (QED) is 0.692. The van der Waals surface area contributed by atoms with Gasteiger partial charge in [0.05, 0.1) is 0 Å². The Bertz CT molecular complexity index is 919. The first-order valence-corrected chi connectivity index (χ1v) is 8.32. The number of aromatic nitrogens is 2. The minimum atomic E-state index is -0.346. The molecule has 0 aliphatic carbocycles. The lowest BCUT2D eigenvalue weighted by molar-refractivity contribution is 0.0946. The molecule has 2 N–H and O–H groups in total. The van der Waals surface area contributed by atoms with Crippen LogP contribution in [0.1, 0.15) is 21.6 Å². The Kier molecular flexibility index (Phi) is 5.76. The number of hydrogen-bond acceptors (Lipinski definition) is 4. The van der Waals surface area contributed by atoms with Crippen LogP contribution in [0, 0.1) is 5.82 Å². The molecule has 1 aromatic heterocycles. The van der Waals surface area contributed by atoms with Crippen molar-refractivity contribution in [3.63, 3.8) is 0 Å². The van der Waals surface area contributed by atoms with Gasteiger partial charge in [-0.1, -0.05) is 48.0 Å². The van der Waals surface area contributed by atoms with Crippen molar-refractivity contribution in [3.8, 4) is 0 Å². The van der Waals surface area contributed by atoms with E-state index in [-0.39, 0.29) is 24.0 Å². The Balaban J connectivity index is 1.62. The second-order valence-corrected chi connectivity index (χ2v) is 5.91. The molecule has 0 saturated heterocycles. The van der Waals surface area contributed by atoms with Gasteiger partial charge < -0.3 is 10.6 Å². The van der Waals surface area contributed by atoms with Gasteiger partial charge in [0.25, 0.3) is 5.91 Å². The van der Waals surface area contributed by atoms with Crippen molar-refractivity contribution >= 4 is 23.3 Å². The van der Waals surface area contributed by atoms with E-state index in [9.17, 15) is 9.18 Å².